The van der Waals surface area contributed by atoms with Crippen molar-refractivity contribution in [2.75, 3.05) is 26.8 Å². The summed E-state index contributed by atoms with van der Waals surface area (Å²) in [4.78, 5) is 39.0. The molecule has 2 aromatic rings. The highest BCUT2D eigenvalue weighted by molar-refractivity contribution is 6.30. The van der Waals surface area contributed by atoms with E-state index < -0.39 is 5.97 Å². The molecule has 2 amide bonds. The number of aliphatic carboxylic acids is 1. The van der Waals surface area contributed by atoms with Gasteiger partial charge in [0.05, 0.1) is 19.6 Å². The number of aryl methyl sites for hydroxylation is 1. The van der Waals surface area contributed by atoms with Crippen LogP contribution in [-0.2, 0) is 27.3 Å². The lowest BCUT2D eigenvalue weighted by atomic mass is 9.81. The number of carbonyl (C=O) groups excluding carboxylic acids is 2. The number of rotatable bonds is 11. The molecule has 0 unspecified atom stereocenters. The van der Waals surface area contributed by atoms with Crippen molar-refractivity contribution in [2.45, 2.75) is 64.0 Å². The zero-order chi connectivity index (χ0) is 28.2. The Bertz CT molecular complexity index is 1240. The van der Waals surface area contributed by atoms with Crippen LogP contribution in [0.15, 0.2) is 36.4 Å². The molecule has 9 heteroatoms. The van der Waals surface area contributed by atoms with E-state index in [1.54, 1.807) is 7.11 Å². The van der Waals surface area contributed by atoms with Crippen molar-refractivity contribution in [1.29, 1.82) is 0 Å². The van der Waals surface area contributed by atoms with Gasteiger partial charge in [-0.2, -0.15) is 0 Å². The number of likely N-dealkylation sites (tertiary alicyclic amines) is 1. The van der Waals surface area contributed by atoms with E-state index in [-0.39, 0.29) is 49.8 Å². The summed E-state index contributed by atoms with van der Waals surface area (Å²) in [5, 5.41) is 10.2. The third-order valence-corrected chi connectivity index (χ3v) is 8.86. The minimum Gasteiger partial charge on any atom is -0.493 e. The van der Waals surface area contributed by atoms with E-state index in [4.69, 9.17) is 21.1 Å². The van der Waals surface area contributed by atoms with Crippen LogP contribution in [0.25, 0.3) is 0 Å². The fraction of sp³-hybridized carbons (Fsp3) is 0.516. The first-order valence-electron chi connectivity index (χ1n) is 14.2. The van der Waals surface area contributed by atoms with E-state index in [2.05, 4.69) is 17.0 Å². The van der Waals surface area contributed by atoms with E-state index in [1.165, 1.54) is 16.0 Å². The molecule has 2 aromatic carbocycles. The Morgan fingerprint density at radius 3 is 2.45 bits per heavy atom. The first kappa shape index (κ1) is 28.4. The van der Waals surface area contributed by atoms with Gasteiger partial charge in [0, 0.05) is 37.0 Å². The molecule has 0 aromatic heterocycles. The van der Waals surface area contributed by atoms with Crippen LogP contribution >= 0.6 is 11.6 Å². The second kappa shape index (κ2) is 12.6. The minimum absolute atomic E-state index is 0.150. The molecule has 1 saturated carbocycles. The molecule has 3 aliphatic rings. The number of methoxy groups -OCH3 is 1. The number of carbonyl (C=O) groups is 3. The molecule has 1 heterocycles. The average Bonchev–Trinajstić information content (AvgIpc) is 3.51. The van der Waals surface area contributed by atoms with Gasteiger partial charge in [-0.05, 0) is 85.4 Å². The Kier molecular flexibility index (Phi) is 8.96. The third kappa shape index (κ3) is 6.44. The molecular weight excluding hydrogens is 532 g/mol. The van der Waals surface area contributed by atoms with Crippen LogP contribution in [0.3, 0.4) is 0 Å². The number of nitrogens with zero attached hydrogens (tertiary/aromatic N) is 2. The van der Waals surface area contributed by atoms with Crippen LogP contribution in [0, 0.1) is 11.8 Å². The molecule has 8 nitrogen and oxygen atoms in total. The SMILES string of the molecule is COc1cc(CN(CC2CCC(C(=O)O)CC2)[C@@H]2CCc3cc(Cl)ccc32)ccc1OCCN1C(=O)CCC1=O. The number of benzene rings is 2. The van der Waals surface area contributed by atoms with Gasteiger partial charge in [-0.3, -0.25) is 24.2 Å². The van der Waals surface area contributed by atoms with Crippen LogP contribution in [0.4, 0.5) is 0 Å². The zero-order valence-electron chi connectivity index (χ0n) is 22.9. The highest BCUT2D eigenvalue weighted by Crippen LogP contribution is 2.40. The third-order valence-electron chi connectivity index (χ3n) is 8.62. The molecule has 5 rings (SSSR count). The lowest BCUT2D eigenvalue weighted by Gasteiger charge is -2.35. The Hall–Kier alpha value is -3.10. The van der Waals surface area contributed by atoms with E-state index in [0.717, 1.165) is 62.2 Å². The lowest BCUT2D eigenvalue weighted by molar-refractivity contribution is -0.143. The van der Waals surface area contributed by atoms with E-state index in [9.17, 15) is 19.5 Å². The molecule has 40 heavy (non-hydrogen) atoms. The molecule has 1 N–H and O–H groups in total. The molecule has 0 radical (unpaired) electrons. The average molecular weight is 569 g/mol. The quantitative estimate of drug-likeness (QED) is 0.369. The molecule has 1 saturated heterocycles. The number of fused-ring (bicyclic) bond motifs is 1. The monoisotopic (exact) mass is 568 g/mol. The van der Waals surface area contributed by atoms with Crippen molar-refractivity contribution < 1.29 is 29.0 Å². The fourth-order valence-electron chi connectivity index (χ4n) is 6.45. The predicted molar refractivity (Wildman–Crippen MR) is 150 cm³/mol. The van der Waals surface area contributed by atoms with Crippen molar-refractivity contribution in [1.82, 2.24) is 9.80 Å². The summed E-state index contributed by atoms with van der Waals surface area (Å²) in [6.45, 7) is 2.06. The maximum Gasteiger partial charge on any atom is 0.306 e. The molecule has 214 valence electrons. The smallest absolute Gasteiger partial charge is 0.306 e. The Balaban J connectivity index is 1.29. The van der Waals surface area contributed by atoms with Gasteiger partial charge in [0.25, 0.3) is 0 Å². The summed E-state index contributed by atoms with van der Waals surface area (Å²) in [6.07, 6.45) is 5.86. The summed E-state index contributed by atoms with van der Waals surface area (Å²) in [5.41, 5.74) is 3.71. The Labute approximate surface area is 240 Å². The van der Waals surface area contributed by atoms with Gasteiger partial charge in [0.1, 0.15) is 6.61 Å². The number of amides is 2. The van der Waals surface area contributed by atoms with Gasteiger partial charge in [-0.15, -0.1) is 0 Å². The highest BCUT2D eigenvalue weighted by Gasteiger charge is 2.33. The van der Waals surface area contributed by atoms with Crippen molar-refractivity contribution in [3.8, 4) is 11.5 Å². The van der Waals surface area contributed by atoms with Crippen molar-refractivity contribution in [3.05, 3.63) is 58.1 Å². The van der Waals surface area contributed by atoms with Crippen LogP contribution in [0.1, 0.15) is 67.7 Å². The highest BCUT2D eigenvalue weighted by atomic mass is 35.5. The Morgan fingerprint density at radius 2 is 1.75 bits per heavy atom. The van der Waals surface area contributed by atoms with E-state index in [0.29, 0.717) is 17.4 Å². The summed E-state index contributed by atoms with van der Waals surface area (Å²) in [5.74, 6) is 0.434. The van der Waals surface area contributed by atoms with Crippen molar-refractivity contribution in [2.24, 2.45) is 11.8 Å². The zero-order valence-corrected chi connectivity index (χ0v) is 23.7. The van der Waals surface area contributed by atoms with Gasteiger partial charge in [-0.25, -0.2) is 0 Å². The van der Waals surface area contributed by atoms with Gasteiger partial charge in [0.15, 0.2) is 11.5 Å². The van der Waals surface area contributed by atoms with Crippen LogP contribution in [0.2, 0.25) is 5.02 Å². The van der Waals surface area contributed by atoms with Gasteiger partial charge in [-0.1, -0.05) is 23.7 Å². The Morgan fingerprint density at radius 1 is 1.00 bits per heavy atom. The number of halogens is 1. The summed E-state index contributed by atoms with van der Waals surface area (Å²) in [6, 6.07) is 12.4. The fourth-order valence-corrected chi connectivity index (χ4v) is 6.65. The first-order valence-corrected chi connectivity index (χ1v) is 14.6. The maximum absolute atomic E-state index is 11.9. The van der Waals surface area contributed by atoms with Gasteiger partial charge >= 0.3 is 5.97 Å². The minimum atomic E-state index is -0.676. The number of ether oxygens (including phenoxy) is 2. The molecule has 0 spiro atoms. The maximum atomic E-state index is 11.9. The van der Waals surface area contributed by atoms with Gasteiger partial charge in [0.2, 0.25) is 11.8 Å². The summed E-state index contributed by atoms with van der Waals surface area (Å²) in [7, 11) is 1.61. The number of carboxylic acid groups (broad SMARTS) is 1. The first-order chi connectivity index (χ1) is 19.3. The van der Waals surface area contributed by atoms with Crippen molar-refractivity contribution in [3.63, 3.8) is 0 Å². The topological polar surface area (TPSA) is 96.4 Å². The number of hydrogen-bond acceptors (Lipinski definition) is 6. The molecular formula is C31H37ClN2O6. The summed E-state index contributed by atoms with van der Waals surface area (Å²) < 4.78 is 11.6. The lowest BCUT2D eigenvalue weighted by Crippen LogP contribution is -2.34. The standard InChI is InChI=1S/C31H37ClN2O6/c1-39-28-16-21(4-11-27(28)40-15-14-34-29(35)12-13-30(34)36)19-33(18-20-2-5-22(6-3-20)31(37)38)26-10-7-23-17-24(32)8-9-25(23)26/h4,8-9,11,16-17,20,22,26H,2-3,5-7,10,12-15,18-19H2,1H3,(H,37,38)/t20?,22?,26-/m1/s1. The van der Waals surface area contributed by atoms with E-state index >= 15 is 0 Å². The molecule has 0 bridgehead atoms. The number of carboxylic acids is 1. The normalized spacial score (nSPS) is 22.6. The molecule has 1 atom stereocenters. The van der Waals surface area contributed by atoms with Crippen LogP contribution < -0.4 is 9.47 Å². The number of hydrogen-bond donors (Lipinski definition) is 1. The predicted octanol–water partition coefficient (Wildman–Crippen LogP) is 5.26. The molecule has 2 aliphatic carbocycles. The second-order valence-corrected chi connectivity index (χ2v) is 11.6. The van der Waals surface area contributed by atoms with Crippen LogP contribution in [-0.4, -0.2) is 59.5 Å². The molecule has 1 aliphatic heterocycles. The number of imide groups is 1. The second-order valence-electron chi connectivity index (χ2n) is 11.2. The van der Waals surface area contributed by atoms with Crippen LogP contribution in [0.5, 0.6) is 11.5 Å². The van der Waals surface area contributed by atoms with Crippen molar-refractivity contribution >= 4 is 29.4 Å². The van der Waals surface area contributed by atoms with E-state index in [1.807, 2.05) is 24.3 Å². The summed E-state index contributed by atoms with van der Waals surface area (Å²) >= 11 is 6.29. The van der Waals surface area contributed by atoms with Gasteiger partial charge < -0.3 is 14.6 Å². The molecule has 2 fully saturated rings. The largest absolute Gasteiger partial charge is 0.493 e.